The van der Waals surface area contributed by atoms with E-state index in [1.807, 2.05) is 12.1 Å². The predicted octanol–water partition coefficient (Wildman–Crippen LogP) is 3.75. The maximum Gasteiger partial charge on any atom is 0.178 e. The standard InChI is InChI=1S/C16H23N3OS/c1-3-9-18-10-7-12(8-11-18)19-13-5-4-6-14(20-2)15(13)17-16(19)21/h4-6,12H,3,7-11H2,1-2H3,(H,17,21). The molecule has 0 saturated carbocycles. The number of nitrogens with zero attached hydrogens (tertiary/aromatic N) is 2. The summed E-state index contributed by atoms with van der Waals surface area (Å²) in [6.07, 6.45) is 3.56. The number of aromatic nitrogens is 2. The number of imidazole rings is 1. The normalized spacial score (nSPS) is 17.4. The first-order chi connectivity index (χ1) is 10.2. The number of piperidine rings is 1. The van der Waals surface area contributed by atoms with Crippen molar-refractivity contribution in [3.63, 3.8) is 0 Å². The molecule has 0 spiro atoms. The summed E-state index contributed by atoms with van der Waals surface area (Å²) in [6, 6.07) is 6.63. The highest BCUT2D eigenvalue weighted by Crippen LogP contribution is 2.31. The van der Waals surface area contributed by atoms with E-state index in [1.165, 1.54) is 25.8 Å². The quantitative estimate of drug-likeness (QED) is 0.873. The number of rotatable bonds is 4. The zero-order valence-electron chi connectivity index (χ0n) is 12.8. The molecule has 2 aromatic rings. The Kier molecular flexibility index (Phi) is 4.31. The Bertz CT molecular complexity index is 668. The van der Waals surface area contributed by atoms with E-state index in [9.17, 15) is 0 Å². The maximum atomic E-state index is 5.56. The number of methoxy groups -OCH3 is 1. The van der Waals surface area contributed by atoms with Crippen LogP contribution in [0, 0.1) is 4.77 Å². The number of para-hydroxylation sites is 1. The molecule has 1 aromatic carbocycles. The topological polar surface area (TPSA) is 33.2 Å². The lowest BCUT2D eigenvalue weighted by molar-refractivity contribution is 0.188. The minimum absolute atomic E-state index is 0.492. The lowest BCUT2D eigenvalue weighted by atomic mass is 10.0. The van der Waals surface area contributed by atoms with Crippen molar-refractivity contribution in [1.82, 2.24) is 14.5 Å². The van der Waals surface area contributed by atoms with Gasteiger partial charge in [0.05, 0.1) is 12.6 Å². The molecule has 114 valence electrons. The van der Waals surface area contributed by atoms with Gasteiger partial charge in [0, 0.05) is 19.1 Å². The summed E-state index contributed by atoms with van der Waals surface area (Å²) < 4.78 is 8.53. The second kappa shape index (κ2) is 6.20. The zero-order valence-corrected chi connectivity index (χ0v) is 13.6. The minimum atomic E-state index is 0.492. The Morgan fingerprint density at radius 3 is 2.76 bits per heavy atom. The molecule has 0 unspecified atom stereocenters. The van der Waals surface area contributed by atoms with Crippen molar-refractivity contribution in [2.45, 2.75) is 32.2 Å². The van der Waals surface area contributed by atoms with Crippen molar-refractivity contribution in [1.29, 1.82) is 0 Å². The molecule has 1 saturated heterocycles. The van der Waals surface area contributed by atoms with Crippen LogP contribution in [0.25, 0.3) is 11.0 Å². The molecule has 21 heavy (non-hydrogen) atoms. The molecular formula is C16H23N3OS. The van der Waals surface area contributed by atoms with Gasteiger partial charge >= 0.3 is 0 Å². The van der Waals surface area contributed by atoms with Gasteiger partial charge in [-0.2, -0.15) is 0 Å². The largest absolute Gasteiger partial charge is 0.494 e. The number of hydrogen-bond donors (Lipinski definition) is 1. The van der Waals surface area contributed by atoms with E-state index in [1.54, 1.807) is 7.11 Å². The van der Waals surface area contributed by atoms with Crippen LogP contribution in [0.4, 0.5) is 0 Å². The Morgan fingerprint density at radius 2 is 2.10 bits per heavy atom. The van der Waals surface area contributed by atoms with Gasteiger partial charge in [-0.25, -0.2) is 0 Å². The number of hydrogen-bond acceptors (Lipinski definition) is 3. The second-order valence-electron chi connectivity index (χ2n) is 5.73. The van der Waals surface area contributed by atoms with Gasteiger partial charge in [0.25, 0.3) is 0 Å². The van der Waals surface area contributed by atoms with Crippen LogP contribution in [0.5, 0.6) is 5.75 Å². The first-order valence-corrected chi connectivity index (χ1v) is 8.15. The molecule has 1 fully saturated rings. The van der Waals surface area contributed by atoms with Crippen molar-refractivity contribution in [2.24, 2.45) is 0 Å². The van der Waals surface area contributed by atoms with Crippen molar-refractivity contribution < 1.29 is 4.74 Å². The van der Waals surface area contributed by atoms with Crippen LogP contribution < -0.4 is 4.74 Å². The number of benzene rings is 1. The van der Waals surface area contributed by atoms with E-state index < -0.39 is 0 Å². The zero-order chi connectivity index (χ0) is 14.8. The van der Waals surface area contributed by atoms with Gasteiger partial charge in [-0.15, -0.1) is 0 Å². The fourth-order valence-corrected chi connectivity index (χ4v) is 3.72. The van der Waals surface area contributed by atoms with Crippen LogP contribution in [0.1, 0.15) is 32.2 Å². The fraction of sp³-hybridized carbons (Fsp3) is 0.562. The molecule has 1 aromatic heterocycles. The lowest BCUT2D eigenvalue weighted by Crippen LogP contribution is -2.35. The third-order valence-corrected chi connectivity index (χ3v) is 4.70. The van der Waals surface area contributed by atoms with Crippen molar-refractivity contribution in [3.05, 3.63) is 23.0 Å². The molecule has 0 aliphatic carbocycles. The van der Waals surface area contributed by atoms with Crippen LogP contribution in [-0.2, 0) is 0 Å². The Morgan fingerprint density at radius 1 is 1.33 bits per heavy atom. The van der Waals surface area contributed by atoms with Crippen LogP contribution in [0.2, 0.25) is 0 Å². The predicted molar refractivity (Wildman–Crippen MR) is 88.7 cm³/mol. The molecule has 0 atom stereocenters. The molecule has 4 nitrogen and oxygen atoms in total. The van der Waals surface area contributed by atoms with Gasteiger partial charge in [0.2, 0.25) is 0 Å². The fourth-order valence-electron chi connectivity index (χ4n) is 3.37. The van der Waals surface area contributed by atoms with E-state index in [0.717, 1.165) is 34.6 Å². The third kappa shape index (κ3) is 2.72. The third-order valence-electron chi connectivity index (χ3n) is 4.40. The lowest BCUT2D eigenvalue weighted by Gasteiger charge is -2.32. The van der Waals surface area contributed by atoms with Gasteiger partial charge in [-0.1, -0.05) is 13.0 Å². The maximum absolute atomic E-state index is 5.56. The Labute approximate surface area is 130 Å². The molecule has 0 radical (unpaired) electrons. The van der Waals surface area contributed by atoms with Crippen LogP contribution in [0.3, 0.4) is 0 Å². The molecule has 0 amide bonds. The molecule has 3 rings (SSSR count). The molecule has 1 N–H and O–H groups in total. The van der Waals surface area contributed by atoms with Crippen LogP contribution >= 0.6 is 12.2 Å². The molecule has 1 aliphatic heterocycles. The van der Waals surface area contributed by atoms with E-state index in [-0.39, 0.29) is 0 Å². The molecule has 0 bridgehead atoms. The van der Waals surface area contributed by atoms with Gasteiger partial charge in [0.1, 0.15) is 11.3 Å². The number of likely N-dealkylation sites (tertiary alicyclic amines) is 1. The summed E-state index contributed by atoms with van der Waals surface area (Å²) in [5.41, 5.74) is 2.18. The van der Waals surface area contributed by atoms with E-state index in [4.69, 9.17) is 17.0 Å². The van der Waals surface area contributed by atoms with E-state index >= 15 is 0 Å². The molecular weight excluding hydrogens is 282 g/mol. The Hall–Kier alpha value is -1.33. The average Bonchev–Trinajstić information content (AvgIpc) is 2.84. The smallest absolute Gasteiger partial charge is 0.178 e. The summed E-state index contributed by atoms with van der Waals surface area (Å²) in [6.45, 7) is 5.78. The highest BCUT2D eigenvalue weighted by molar-refractivity contribution is 7.71. The number of H-pyrrole nitrogens is 1. The monoisotopic (exact) mass is 305 g/mol. The number of aromatic amines is 1. The minimum Gasteiger partial charge on any atom is -0.494 e. The molecule has 2 heterocycles. The second-order valence-corrected chi connectivity index (χ2v) is 6.11. The van der Waals surface area contributed by atoms with Crippen LogP contribution in [-0.4, -0.2) is 41.2 Å². The van der Waals surface area contributed by atoms with E-state index in [0.29, 0.717) is 6.04 Å². The molecule has 5 heteroatoms. The Balaban J connectivity index is 1.91. The SMILES string of the molecule is CCCN1CCC(n2c(=S)[nH]c3c(OC)cccc32)CC1. The summed E-state index contributed by atoms with van der Waals surface area (Å²) in [5.74, 6) is 0.862. The van der Waals surface area contributed by atoms with Gasteiger partial charge in [-0.05, 0) is 50.2 Å². The summed E-state index contributed by atoms with van der Waals surface area (Å²) >= 11 is 5.56. The van der Waals surface area contributed by atoms with E-state index in [2.05, 4.69) is 27.4 Å². The summed E-state index contributed by atoms with van der Waals surface area (Å²) in [4.78, 5) is 5.87. The highest BCUT2D eigenvalue weighted by Gasteiger charge is 2.22. The number of fused-ring (bicyclic) bond motifs is 1. The average molecular weight is 305 g/mol. The van der Waals surface area contributed by atoms with Crippen LogP contribution in [0.15, 0.2) is 18.2 Å². The molecule has 1 aliphatic rings. The van der Waals surface area contributed by atoms with Gasteiger partial charge in [0.15, 0.2) is 4.77 Å². The number of nitrogens with one attached hydrogen (secondary N) is 1. The van der Waals surface area contributed by atoms with Gasteiger partial charge < -0.3 is 19.2 Å². The van der Waals surface area contributed by atoms with Crippen molar-refractivity contribution in [2.75, 3.05) is 26.7 Å². The van der Waals surface area contributed by atoms with Gasteiger partial charge in [-0.3, -0.25) is 0 Å². The van der Waals surface area contributed by atoms with Crippen molar-refractivity contribution >= 4 is 23.3 Å². The first kappa shape index (κ1) is 14.6. The van der Waals surface area contributed by atoms with Crippen molar-refractivity contribution in [3.8, 4) is 5.75 Å². The summed E-state index contributed by atoms with van der Waals surface area (Å²) in [5, 5.41) is 0. The first-order valence-electron chi connectivity index (χ1n) is 7.74. The summed E-state index contributed by atoms with van der Waals surface area (Å²) in [7, 11) is 1.70. The highest BCUT2D eigenvalue weighted by atomic mass is 32.1. The number of ether oxygens (including phenoxy) is 1.